The van der Waals surface area contributed by atoms with Gasteiger partial charge in [0.1, 0.15) is 6.17 Å². The molecule has 0 radical (unpaired) electrons. The minimum absolute atomic E-state index is 0.316. The molecule has 1 heteroatoms. The van der Waals surface area contributed by atoms with Gasteiger partial charge in [-0.05, 0) is 31.1 Å². The van der Waals surface area contributed by atoms with Crippen molar-refractivity contribution in [3.05, 3.63) is 0 Å². The van der Waals surface area contributed by atoms with Crippen LogP contribution in [0.1, 0.15) is 79.1 Å². The Morgan fingerprint density at radius 1 is 0.875 bits per heavy atom. The van der Waals surface area contributed by atoms with Crippen molar-refractivity contribution < 1.29 is 4.39 Å². The van der Waals surface area contributed by atoms with Gasteiger partial charge in [0.2, 0.25) is 0 Å². The second kappa shape index (κ2) is 10.1. The molecule has 0 bridgehead atoms. The number of hydrogen-bond donors (Lipinski definition) is 0. The summed E-state index contributed by atoms with van der Waals surface area (Å²) in [4.78, 5) is 0. The Bertz CT molecular complexity index is 142. The van der Waals surface area contributed by atoms with Crippen molar-refractivity contribution in [3.63, 3.8) is 0 Å². The van der Waals surface area contributed by atoms with Crippen LogP contribution in [0.3, 0.4) is 0 Å². The first kappa shape index (κ1) is 15.9. The standard InChI is InChI=1S/C15H31F/c1-5-7-8-9-11-14(12-13(3)4)15(16)10-6-2/h13-15H,5-12H2,1-4H3. The quantitative estimate of drug-likeness (QED) is 0.419. The SMILES string of the molecule is CCCCCCC(CC(C)C)C(F)CCC. The highest BCUT2D eigenvalue weighted by atomic mass is 19.1. The summed E-state index contributed by atoms with van der Waals surface area (Å²) < 4.78 is 13.9. The van der Waals surface area contributed by atoms with E-state index in [-0.39, 0.29) is 0 Å². The lowest BCUT2D eigenvalue weighted by molar-refractivity contribution is 0.175. The van der Waals surface area contributed by atoms with Crippen LogP contribution in [0.15, 0.2) is 0 Å². The zero-order valence-corrected chi connectivity index (χ0v) is 11.8. The second-order valence-electron chi connectivity index (χ2n) is 5.54. The van der Waals surface area contributed by atoms with E-state index in [1.54, 1.807) is 0 Å². The molecule has 2 unspecified atom stereocenters. The van der Waals surface area contributed by atoms with Crippen molar-refractivity contribution in [2.45, 2.75) is 85.2 Å². The molecule has 0 fully saturated rings. The van der Waals surface area contributed by atoms with Crippen LogP contribution >= 0.6 is 0 Å². The third kappa shape index (κ3) is 8.13. The third-order valence-corrected chi connectivity index (χ3v) is 3.28. The molecule has 0 heterocycles. The van der Waals surface area contributed by atoms with Gasteiger partial charge in [0.25, 0.3) is 0 Å². The first-order valence-electron chi connectivity index (χ1n) is 7.25. The van der Waals surface area contributed by atoms with Crippen LogP contribution in [0.25, 0.3) is 0 Å². The molecule has 0 aromatic rings. The van der Waals surface area contributed by atoms with E-state index in [9.17, 15) is 4.39 Å². The van der Waals surface area contributed by atoms with Crippen LogP contribution in [-0.2, 0) is 0 Å². The van der Waals surface area contributed by atoms with E-state index in [0.29, 0.717) is 11.8 Å². The summed E-state index contributed by atoms with van der Waals surface area (Å²) in [6, 6.07) is 0. The minimum atomic E-state index is -0.561. The maximum Gasteiger partial charge on any atom is 0.103 e. The predicted molar refractivity (Wildman–Crippen MR) is 71.5 cm³/mol. The van der Waals surface area contributed by atoms with Crippen molar-refractivity contribution >= 4 is 0 Å². The minimum Gasteiger partial charge on any atom is -0.247 e. The predicted octanol–water partition coefficient (Wildman–Crippen LogP) is 5.76. The summed E-state index contributed by atoms with van der Waals surface area (Å²) in [5.74, 6) is 0.947. The highest BCUT2D eigenvalue weighted by Crippen LogP contribution is 2.26. The Morgan fingerprint density at radius 3 is 2.06 bits per heavy atom. The van der Waals surface area contributed by atoms with Crippen LogP contribution < -0.4 is 0 Å². The molecular weight excluding hydrogens is 199 g/mol. The molecule has 0 aliphatic carbocycles. The van der Waals surface area contributed by atoms with Crippen LogP contribution in [-0.4, -0.2) is 6.17 Å². The van der Waals surface area contributed by atoms with E-state index in [1.807, 2.05) is 0 Å². The molecule has 0 saturated heterocycles. The second-order valence-corrected chi connectivity index (χ2v) is 5.54. The molecule has 0 aliphatic heterocycles. The van der Waals surface area contributed by atoms with Gasteiger partial charge in [-0.15, -0.1) is 0 Å². The molecule has 2 atom stereocenters. The summed E-state index contributed by atoms with van der Waals surface area (Å²) in [7, 11) is 0. The van der Waals surface area contributed by atoms with Crippen LogP contribution in [0, 0.1) is 11.8 Å². The van der Waals surface area contributed by atoms with Gasteiger partial charge >= 0.3 is 0 Å². The van der Waals surface area contributed by atoms with Crippen molar-refractivity contribution in [3.8, 4) is 0 Å². The first-order chi connectivity index (χ1) is 7.61. The molecule has 0 aromatic heterocycles. The van der Waals surface area contributed by atoms with Crippen molar-refractivity contribution in [1.29, 1.82) is 0 Å². The maximum absolute atomic E-state index is 13.9. The van der Waals surface area contributed by atoms with E-state index in [1.165, 1.54) is 25.7 Å². The fourth-order valence-electron chi connectivity index (χ4n) is 2.40. The summed E-state index contributed by atoms with van der Waals surface area (Å²) in [6.07, 6.45) is 8.40. The van der Waals surface area contributed by atoms with Gasteiger partial charge in [-0.2, -0.15) is 0 Å². The van der Waals surface area contributed by atoms with Crippen molar-refractivity contribution in [2.24, 2.45) is 11.8 Å². The Morgan fingerprint density at radius 2 is 1.56 bits per heavy atom. The molecule has 0 aromatic carbocycles. The molecule has 0 rings (SSSR count). The van der Waals surface area contributed by atoms with E-state index in [2.05, 4.69) is 27.7 Å². The monoisotopic (exact) mass is 230 g/mol. The third-order valence-electron chi connectivity index (χ3n) is 3.28. The number of hydrogen-bond acceptors (Lipinski definition) is 0. The zero-order valence-electron chi connectivity index (χ0n) is 11.8. The average molecular weight is 230 g/mol. The van der Waals surface area contributed by atoms with Gasteiger partial charge < -0.3 is 0 Å². The number of rotatable bonds is 10. The van der Waals surface area contributed by atoms with Gasteiger partial charge in [0.15, 0.2) is 0 Å². The largest absolute Gasteiger partial charge is 0.247 e. The lowest BCUT2D eigenvalue weighted by Gasteiger charge is -2.22. The van der Waals surface area contributed by atoms with Gasteiger partial charge in [0, 0.05) is 0 Å². The maximum atomic E-state index is 13.9. The Labute approximate surface area is 102 Å². The molecule has 0 spiro atoms. The van der Waals surface area contributed by atoms with Crippen LogP contribution in [0.5, 0.6) is 0 Å². The van der Waals surface area contributed by atoms with Crippen LogP contribution in [0.4, 0.5) is 4.39 Å². The molecule has 0 N–H and O–H groups in total. The lowest BCUT2D eigenvalue weighted by Crippen LogP contribution is -2.18. The van der Waals surface area contributed by atoms with Gasteiger partial charge in [-0.25, -0.2) is 4.39 Å². The molecule has 0 saturated carbocycles. The lowest BCUT2D eigenvalue weighted by atomic mass is 9.86. The molecule has 0 nitrogen and oxygen atoms in total. The fraction of sp³-hybridized carbons (Fsp3) is 1.00. The van der Waals surface area contributed by atoms with Crippen molar-refractivity contribution in [1.82, 2.24) is 0 Å². The molecule has 0 aliphatic rings. The van der Waals surface area contributed by atoms with Gasteiger partial charge in [-0.3, -0.25) is 0 Å². The van der Waals surface area contributed by atoms with Gasteiger partial charge in [-0.1, -0.05) is 59.8 Å². The van der Waals surface area contributed by atoms with E-state index < -0.39 is 6.17 Å². The number of unbranched alkanes of at least 4 members (excludes halogenated alkanes) is 3. The first-order valence-corrected chi connectivity index (χ1v) is 7.25. The van der Waals surface area contributed by atoms with E-state index in [0.717, 1.165) is 25.7 Å². The van der Waals surface area contributed by atoms with Crippen molar-refractivity contribution in [2.75, 3.05) is 0 Å². The average Bonchev–Trinajstić information content (AvgIpc) is 2.22. The summed E-state index contributed by atoms with van der Waals surface area (Å²) in [5.41, 5.74) is 0. The topological polar surface area (TPSA) is 0 Å². The molecule has 0 amide bonds. The Balaban J connectivity index is 3.89. The summed E-state index contributed by atoms with van der Waals surface area (Å²) in [5, 5.41) is 0. The highest BCUT2D eigenvalue weighted by molar-refractivity contribution is 4.71. The fourth-order valence-corrected chi connectivity index (χ4v) is 2.40. The normalized spacial score (nSPS) is 15.4. The smallest absolute Gasteiger partial charge is 0.103 e. The Hall–Kier alpha value is -0.0700. The summed E-state index contributed by atoms with van der Waals surface area (Å²) >= 11 is 0. The summed E-state index contributed by atoms with van der Waals surface area (Å²) in [6.45, 7) is 8.71. The zero-order chi connectivity index (χ0) is 12.4. The molecular formula is C15H31F. The molecule has 16 heavy (non-hydrogen) atoms. The number of alkyl halides is 1. The number of halogens is 1. The van der Waals surface area contributed by atoms with E-state index >= 15 is 0 Å². The van der Waals surface area contributed by atoms with E-state index in [4.69, 9.17) is 0 Å². The van der Waals surface area contributed by atoms with Crippen LogP contribution in [0.2, 0.25) is 0 Å². The highest BCUT2D eigenvalue weighted by Gasteiger charge is 2.20. The molecule has 98 valence electrons. The Kier molecular flexibility index (Phi) is 10.1. The van der Waals surface area contributed by atoms with Gasteiger partial charge in [0.05, 0.1) is 0 Å².